The molecule has 0 unspecified atom stereocenters. The molecule has 2 aliphatic rings. The normalized spacial score (nSPS) is 48.2. The van der Waals surface area contributed by atoms with Crippen LogP contribution in [0.5, 0.6) is 0 Å². The highest BCUT2D eigenvalue weighted by Crippen LogP contribution is 2.50. The van der Waals surface area contributed by atoms with Gasteiger partial charge in [0.15, 0.2) is 0 Å². The zero-order chi connectivity index (χ0) is 8.77. The number of epoxide rings is 1. The second kappa shape index (κ2) is 2.71. The fourth-order valence-electron chi connectivity index (χ4n) is 2.34. The molecule has 0 spiro atoms. The Morgan fingerprint density at radius 3 is 3.00 bits per heavy atom. The Morgan fingerprint density at radius 2 is 2.42 bits per heavy atom. The van der Waals surface area contributed by atoms with Crippen molar-refractivity contribution in [3.05, 3.63) is 0 Å². The number of hydrogen-bond acceptors (Lipinski definition) is 2. The molecule has 1 saturated carbocycles. The molecule has 0 aromatic rings. The van der Waals surface area contributed by atoms with E-state index in [1.807, 2.05) is 0 Å². The number of ether oxygens (including phenoxy) is 1. The molecule has 70 valence electrons. The monoisotopic (exact) mass is 170 g/mol. The van der Waals surface area contributed by atoms with Gasteiger partial charge in [-0.2, -0.15) is 0 Å². The average Bonchev–Trinajstić information content (AvgIpc) is 2.73. The highest BCUT2D eigenvalue weighted by Gasteiger charge is 2.55. The van der Waals surface area contributed by atoms with Crippen LogP contribution in [0.4, 0.5) is 0 Å². The molecule has 2 rings (SSSR count). The van der Waals surface area contributed by atoms with Crippen LogP contribution in [-0.4, -0.2) is 23.4 Å². The highest BCUT2D eigenvalue weighted by atomic mass is 16.6. The van der Waals surface area contributed by atoms with Gasteiger partial charge in [-0.25, -0.2) is 0 Å². The van der Waals surface area contributed by atoms with E-state index >= 15 is 0 Å². The van der Waals surface area contributed by atoms with Gasteiger partial charge in [-0.15, -0.1) is 0 Å². The van der Waals surface area contributed by atoms with Gasteiger partial charge < -0.3 is 9.84 Å². The average molecular weight is 170 g/mol. The van der Waals surface area contributed by atoms with Crippen molar-refractivity contribution in [2.75, 3.05) is 6.61 Å². The largest absolute Gasteiger partial charge is 0.396 e. The topological polar surface area (TPSA) is 32.8 Å². The molecule has 2 heteroatoms. The van der Waals surface area contributed by atoms with Crippen molar-refractivity contribution in [3.63, 3.8) is 0 Å². The second-order valence-corrected chi connectivity index (χ2v) is 4.61. The van der Waals surface area contributed by atoms with Gasteiger partial charge in [0, 0.05) is 6.61 Å². The molecule has 1 aliphatic heterocycles. The zero-order valence-electron chi connectivity index (χ0n) is 7.92. The van der Waals surface area contributed by atoms with Gasteiger partial charge in [0.1, 0.15) is 0 Å². The summed E-state index contributed by atoms with van der Waals surface area (Å²) in [6.45, 7) is 4.67. The summed E-state index contributed by atoms with van der Waals surface area (Å²) in [5.41, 5.74) is 0.228. The Bertz CT molecular complexity index is 181. The highest BCUT2D eigenvalue weighted by molar-refractivity contribution is 5.03. The van der Waals surface area contributed by atoms with Gasteiger partial charge in [-0.05, 0) is 38.0 Å². The lowest BCUT2D eigenvalue weighted by Crippen LogP contribution is -2.26. The number of aliphatic hydroxyl groups is 1. The van der Waals surface area contributed by atoms with Crippen LogP contribution in [0.15, 0.2) is 0 Å². The van der Waals surface area contributed by atoms with E-state index in [1.54, 1.807) is 0 Å². The Balaban J connectivity index is 1.89. The first-order valence-electron chi connectivity index (χ1n) is 4.94. The van der Waals surface area contributed by atoms with E-state index in [1.165, 1.54) is 12.8 Å². The van der Waals surface area contributed by atoms with E-state index < -0.39 is 0 Å². The molecule has 0 radical (unpaired) electrons. The van der Waals surface area contributed by atoms with E-state index in [2.05, 4.69) is 13.8 Å². The minimum atomic E-state index is 0.228. The van der Waals surface area contributed by atoms with E-state index in [9.17, 15) is 0 Å². The van der Waals surface area contributed by atoms with Crippen molar-refractivity contribution >= 4 is 0 Å². The first-order valence-corrected chi connectivity index (χ1v) is 4.94. The summed E-state index contributed by atoms with van der Waals surface area (Å²) in [7, 11) is 0. The lowest BCUT2D eigenvalue weighted by molar-refractivity contribution is 0.162. The van der Waals surface area contributed by atoms with Crippen LogP contribution >= 0.6 is 0 Å². The fraction of sp³-hybridized carbons (Fsp3) is 1.00. The quantitative estimate of drug-likeness (QED) is 0.638. The molecule has 4 atom stereocenters. The molecule has 2 nitrogen and oxygen atoms in total. The summed E-state index contributed by atoms with van der Waals surface area (Å²) in [5, 5.41) is 9.01. The third-order valence-corrected chi connectivity index (χ3v) is 3.66. The van der Waals surface area contributed by atoms with Crippen LogP contribution in [-0.2, 0) is 4.74 Å². The van der Waals surface area contributed by atoms with Gasteiger partial charge in [0.25, 0.3) is 0 Å². The van der Waals surface area contributed by atoms with Gasteiger partial charge in [0.05, 0.1) is 11.7 Å². The Labute approximate surface area is 73.9 Å². The van der Waals surface area contributed by atoms with Crippen LogP contribution < -0.4 is 0 Å². The molecule has 2 fully saturated rings. The molecule has 0 bridgehead atoms. The molecule has 1 saturated heterocycles. The molecular weight excluding hydrogens is 152 g/mol. The SMILES string of the molecule is C[C@H](CO)[C@@H]1CC[C@]2(C)O[C@@H]2C1. The van der Waals surface area contributed by atoms with Gasteiger partial charge >= 0.3 is 0 Å². The van der Waals surface area contributed by atoms with Gasteiger partial charge in [-0.3, -0.25) is 0 Å². The number of fused-ring (bicyclic) bond motifs is 1. The standard InChI is InChI=1S/C10H18O2/c1-7(6-11)8-3-4-10(2)9(5-8)12-10/h7-9,11H,3-6H2,1-2H3/t7-,8-,9-,10+/m1/s1. The van der Waals surface area contributed by atoms with Crippen LogP contribution in [0.3, 0.4) is 0 Å². The maximum atomic E-state index is 9.01. The molecule has 0 aromatic carbocycles. The van der Waals surface area contributed by atoms with E-state index in [0.29, 0.717) is 24.5 Å². The zero-order valence-corrected chi connectivity index (χ0v) is 7.92. The van der Waals surface area contributed by atoms with Crippen LogP contribution in [0, 0.1) is 11.8 Å². The second-order valence-electron chi connectivity index (χ2n) is 4.61. The Morgan fingerprint density at radius 1 is 1.67 bits per heavy atom. The third kappa shape index (κ3) is 1.27. The van der Waals surface area contributed by atoms with E-state index in [0.717, 1.165) is 6.42 Å². The maximum absolute atomic E-state index is 9.01. The lowest BCUT2D eigenvalue weighted by atomic mass is 9.77. The molecule has 0 aromatic heterocycles. The van der Waals surface area contributed by atoms with E-state index in [4.69, 9.17) is 9.84 Å². The number of hydrogen-bond donors (Lipinski definition) is 1. The van der Waals surface area contributed by atoms with E-state index in [-0.39, 0.29) is 5.60 Å². The summed E-state index contributed by atoms with van der Waals surface area (Å²) in [6.07, 6.45) is 4.09. The van der Waals surface area contributed by atoms with Crippen molar-refractivity contribution < 1.29 is 9.84 Å². The van der Waals surface area contributed by atoms with Crippen molar-refractivity contribution in [2.24, 2.45) is 11.8 Å². The first kappa shape index (κ1) is 8.52. The Hall–Kier alpha value is -0.0800. The number of rotatable bonds is 2. The van der Waals surface area contributed by atoms with Gasteiger partial charge in [0.2, 0.25) is 0 Å². The van der Waals surface area contributed by atoms with Crippen molar-refractivity contribution in [3.8, 4) is 0 Å². The molecule has 1 N–H and O–H groups in total. The van der Waals surface area contributed by atoms with Crippen LogP contribution in [0.25, 0.3) is 0 Å². The first-order chi connectivity index (χ1) is 5.65. The summed E-state index contributed by atoms with van der Waals surface area (Å²) in [4.78, 5) is 0. The summed E-state index contributed by atoms with van der Waals surface area (Å²) < 4.78 is 5.61. The smallest absolute Gasteiger partial charge is 0.0920 e. The predicted octanol–water partition coefficient (Wildman–Crippen LogP) is 1.57. The molecule has 12 heavy (non-hydrogen) atoms. The Kier molecular flexibility index (Phi) is 1.92. The third-order valence-electron chi connectivity index (χ3n) is 3.66. The lowest BCUT2D eigenvalue weighted by Gasteiger charge is -2.26. The van der Waals surface area contributed by atoms with Crippen LogP contribution in [0.1, 0.15) is 33.1 Å². The minimum Gasteiger partial charge on any atom is -0.396 e. The van der Waals surface area contributed by atoms with Crippen molar-refractivity contribution in [1.82, 2.24) is 0 Å². The molecular formula is C10H18O2. The van der Waals surface area contributed by atoms with Crippen LogP contribution in [0.2, 0.25) is 0 Å². The summed E-state index contributed by atoms with van der Waals surface area (Å²) in [6, 6.07) is 0. The van der Waals surface area contributed by atoms with Crippen molar-refractivity contribution in [1.29, 1.82) is 0 Å². The summed E-state index contributed by atoms with van der Waals surface area (Å²) >= 11 is 0. The minimum absolute atomic E-state index is 0.228. The molecule has 1 heterocycles. The number of aliphatic hydroxyl groups excluding tert-OH is 1. The molecule has 1 aliphatic carbocycles. The summed E-state index contributed by atoms with van der Waals surface area (Å²) in [5.74, 6) is 1.15. The van der Waals surface area contributed by atoms with Crippen molar-refractivity contribution in [2.45, 2.75) is 44.8 Å². The van der Waals surface area contributed by atoms with Gasteiger partial charge in [-0.1, -0.05) is 6.92 Å². The fourth-order valence-corrected chi connectivity index (χ4v) is 2.34. The molecule has 0 amide bonds. The predicted molar refractivity (Wildman–Crippen MR) is 46.9 cm³/mol. The maximum Gasteiger partial charge on any atom is 0.0920 e.